The molecule has 3 aromatic carbocycles. The zero-order valence-corrected chi connectivity index (χ0v) is 21.1. The molecule has 1 amide bonds. The molecule has 4 aromatic rings. The number of ether oxygens (including phenoxy) is 1. The number of nitrogens with zero attached hydrogens (tertiary/aromatic N) is 1. The molecule has 0 aliphatic carbocycles. The summed E-state index contributed by atoms with van der Waals surface area (Å²) in [6.07, 6.45) is 2.67. The van der Waals surface area contributed by atoms with E-state index in [9.17, 15) is 9.59 Å². The number of thioether (sulfide) groups is 1. The number of rotatable bonds is 6. The van der Waals surface area contributed by atoms with Crippen molar-refractivity contribution in [3.8, 4) is 5.75 Å². The first-order valence-electron chi connectivity index (χ1n) is 11.6. The van der Waals surface area contributed by atoms with Crippen LogP contribution in [0.2, 0.25) is 0 Å². The molecular formula is C29H27NO4S. The van der Waals surface area contributed by atoms with E-state index in [-0.39, 0.29) is 17.1 Å². The van der Waals surface area contributed by atoms with Crippen molar-refractivity contribution in [3.05, 3.63) is 104 Å². The highest BCUT2D eigenvalue weighted by atomic mass is 32.2. The second-order valence-corrected chi connectivity index (χ2v) is 9.76. The molecule has 0 fully saturated rings. The number of amides is 1. The molecule has 0 saturated heterocycles. The van der Waals surface area contributed by atoms with Crippen molar-refractivity contribution in [2.24, 2.45) is 0 Å². The fourth-order valence-corrected chi connectivity index (χ4v) is 5.09. The largest absolute Gasteiger partial charge is 0.497 e. The number of fused-ring (bicyclic) bond motifs is 2. The Bertz CT molecular complexity index is 1470. The fraction of sp³-hybridized carbons (Fsp3) is 0.241. The van der Waals surface area contributed by atoms with Gasteiger partial charge < -0.3 is 14.1 Å². The van der Waals surface area contributed by atoms with Crippen molar-refractivity contribution >= 4 is 28.6 Å². The predicted octanol–water partition coefficient (Wildman–Crippen LogP) is 5.93. The lowest BCUT2D eigenvalue weighted by Gasteiger charge is -2.25. The number of hydrogen-bond acceptors (Lipinski definition) is 5. The summed E-state index contributed by atoms with van der Waals surface area (Å²) in [7, 11) is 1.64. The minimum atomic E-state index is -0.492. The van der Waals surface area contributed by atoms with Crippen molar-refractivity contribution in [1.82, 2.24) is 4.90 Å². The van der Waals surface area contributed by atoms with Gasteiger partial charge in [0.25, 0.3) is 5.91 Å². The topological polar surface area (TPSA) is 59.8 Å². The van der Waals surface area contributed by atoms with Gasteiger partial charge >= 0.3 is 0 Å². The van der Waals surface area contributed by atoms with E-state index in [1.54, 1.807) is 23.8 Å². The van der Waals surface area contributed by atoms with E-state index in [1.807, 2.05) is 80.8 Å². The highest BCUT2D eigenvalue weighted by molar-refractivity contribution is 7.98. The molecule has 0 bridgehead atoms. The van der Waals surface area contributed by atoms with Gasteiger partial charge in [0.05, 0.1) is 24.1 Å². The predicted molar refractivity (Wildman–Crippen MR) is 140 cm³/mol. The van der Waals surface area contributed by atoms with Crippen LogP contribution in [-0.2, 0) is 6.42 Å². The van der Waals surface area contributed by atoms with Gasteiger partial charge in [0.2, 0.25) is 5.76 Å². The summed E-state index contributed by atoms with van der Waals surface area (Å²) in [5, 5.41) is 0.516. The molecule has 6 heteroatoms. The Balaban J connectivity index is 1.61. The Morgan fingerprint density at radius 1 is 0.971 bits per heavy atom. The van der Waals surface area contributed by atoms with Gasteiger partial charge in [-0.25, -0.2) is 0 Å². The van der Waals surface area contributed by atoms with Crippen LogP contribution in [0.25, 0.3) is 11.0 Å². The quantitative estimate of drug-likeness (QED) is 0.317. The minimum Gasteiger partial charge on any atom is -0.497 e. The van der Waals surface area contributed by atoms with Gasteiger partial charge in [-0.3, -0.25) is 9.59 Å². The maximum absolute atomic E-state index is 13.8. The van der Waals surface area contributed by atoms with Gasteiger partial charge in [-0.2, -0.15) is 0 Å². The first-order valence-corrected chi connectivity index (χ1v) is 12.8. The van der Waals surface area contributed by atoms with Gasteiger partial charge in [0, 0.05) is 11.4 Å². The Morgan fingerprint density at radius 2 is 1.66 bits per heavy atom. The van der Waals surface area contributed by atoms with E-state index >= 15 is 0 Å². The third-order valence-corrected chi connectivity index (χ3v) is 7.56. The monoisotopic (exact) mass is 485 g/mol. The van der Waals surface area contributed by atoms with E-state index < -0.39 is 6.04 Å². The second kappa shape index (κ2) is 9.27. The summed E-state index contributed by atoms with van der Waals surface area (Å²) in [4.78, 5) is 30.3. The summed E-state index contributed by atoms with van der Waals surface area (Å²) in [5.74, 6) is 0.696. The molecule has 35 heavy (non-hydrogen) atoms. The molecule has 0 N–H and O–H groups in total. The lowest BCUT2D eigenvalue weighted by Crippen LogP contribution is -2.31. The van der Waals surface area contributed by atoms with Gasteiger partial charge in [0.1, 0.15) is 11.3 Å². The number of carbonyl (C=O) groups excluding carboxylic acids is 1. The average molecular weight is 486 g/mol. The van der Waals surface area contributed by atoms with Crippen LogP contribution >= 0.6 is 11.8 Å². The third kappa shape index (κ3) is 4.12. The van der Waals surface area contributed by atoms with Gasteiger partial charge in [-0.15, -0.1) is 11.8 Å². The van der Waals surface area contributed by atoms with Gasteiger partial charge in [0.15, 0.2) is 5.43 Å². The van der Waals surface area contributed by atoms with Crippen LogP contribution in [0.5, 0.6) is 5.75 Å². The highest BCUT2D eigenvalue weighted by Crippen LogP contribution is 2.39. The van der Waals surface area contributed by atoms with Crippen LogP contribution in [-0.4, -0.2) is 30.7 Å². The second-order valence-electron chi connectivity index (χ2n) is 8.88. The van der Waals surface area contributed by atoms with E-state index in [4.69, 9.17) is 9.15 Å². The van der Waals surface area contributed by atoms with E-state index in [1.165, 1.54) is 0 Å². The zero-order valence-electron chi connectivity index (χ0n) is 20.3. The lowest BCUT2D eigenvalue weighted by molar-refractivity contribution is 0.0730. The van der Waals surface area contributed by atoms with Gasteiger partial charge in [-0.05, 0) is 85.2 Å². The van der Waals surface area contributed by atoms with Crippen LogP contribution in [0.3, 0.4) is 0 Å². The maximum atomic E-state index is 13.8. The number of methoxy groups -OCH3 is 1. The summed E-state index contributed by atoms with van der Waals surface area (Å²) in [5.41, 5.74) is 4.78. The molecule has 5 rings (SSSR count). The molecule has 178 valence electrons. The molecule has 1 atom stereocenters. The minimum absolute atomic E-state index is 0.136. The van der Waals surface area contributed by atoms with Crippen LogP contribution < -0.4 is 10.2 Å². The van der Waals surface area contributed by atoms with Gasteiger partial charge in [-0.1, -0.05) is 24.3 Å². The van der Waals surface area contributed by atoms with Crippen molar-refractivity contribution in [2.45, 2.75) is 31.2 Å². The Kier molecular flexibility index (Phi) is 6.15. The Morgan fingerprint density at radius 3 is 2.31 bits per heavy atom. The maximum Gasteiger partial charge on any atom is 0.290 e. The molecule has 1 aliphatic heterocycles. The molecule has 0 radical (unpaired) electrons. The van der Waals surface area contributed by atoms with Crippen LogP contribution in [0, 0.1) is 13.8 Å². The third-order valence-electron chi connectivity index (χ3n) is 6.81. The molecule has 2 heterocycles. The fourth-order valence-electron chi connectivity index (χ4n) is 4.68. The SMILES string of the molecule is COc1ccc(CCN2C(=O)c3oc4cc(C)c(C)cc4c(=O)c3C2c2ccc(SC)cc2)cc1. The molecule has 5 nitrogen and oxygen atoms in total. The molecule has 1 aliphatic rings. The van der Waals surface area contributed by atoms with Crippen molar-refractivity contribution in [3.63, 3.8) is 0 Å². The van der Waals surface area contributed by atoms with E-state index in [0.29, 0.717) is 29.5 Å². The Hall–Kier alpha value is -3.51. The summed E-state index contributed by atoms with van der Waals surface area (Å²) in [6, 6.07) is 19.1. The number of carbonyl (C=O) groups is 1. The first kappa shape index (κ1) is 23.2. The smallest absolute Gasteiger partial charge is 0.290 e. The number of aryl methyl sites for hydroxylation is 2. The molecule has 0 spiro atoms. The average Bonchev–Trinajstić information content (AvgIpc) is 3.16. The van der Waals surface area contributed by atoms with E-state index in [2.05, 4.69) is 0 Å². The number of hydrogen-bond donors (Lipinski definition) is 0. The van der Waals surface area contributed by atoms with Crippen LogP contribution in [0.4, 0.5) is 0 Å². The Labute approximate surface area is 208 Å². The zero-order chi connectivity index (χ0) is 24.7. The van der Waals surface area contributed by atoms with Crippen molar-refractivity contribution < 1.29 is 13.9 Å². The molecule has 1 unspecified atom stereocenters. The molecular weight excluding hydrogens is 458 g/mol. The normalized spacial score (nSPS) is 15.0. The molecule has 1 aromatic heterocycles. The summed E-state index contributed by atoms with van der Waals surface area (Å²) >= 11 is 1.65. The summed E-state index contributed by atoms with van der Waals surface area (Å²) < 4.78 is 11.4. The van der Waals surface area contributed by atoms with Crippen LogP contribution in [0.1, 0.15) is 44.4 Å². The highest BCUT2D eigenvalue weighted by Gasteiger charge is 2.42. The number of benzene rings is 3. The van der Waals surface area contributed by atoms with Crippen molar-refractivity contribution in [1.29, 1.82) is 0 Å². The molecule has 0 saturated carbocycles. The first-order chi connectivity index (χ1) is 16.9. The summed E-state index contributed by atoms with van der Waals surface area (Å²) in [6.45, 7) is 4.41. The van der Waals surface area contributed by atoms with Crippen molar-refractivity contribution in [2.75, 3.05) is 19.9 Å². The van der Waals surface area contributed by atoms with Crippen LogP contribution in [0.15, 0.2) is 74.8 Å². The van der Waals surface area contributed by atoms with E-state index in [0.717, 1.165) is 32.9 Å². The standard InChI is InChI=1S/C29H27NO4S/c1-17-15-23-24(16-18(17)2)34-28-25(27(23)31)26(20-7-11-22(35-4)12-8-20)30(29(28)32)14-13-19-5-9-21(33-3)10-6-19/h5-12,15-16,26H,13-14H2,1-4H3. The lowest BCUT2D eigenvalue weighted by atomic mass is 9.97.